The van der Waals surface area contributed by atoms with E-state index in [1.165, 1.54) is 0 Å². The number of esters is 1. The molecule has 2 aromatic rings. The van der Waals surface area contributed by atoms with E-state index in [1.54, 1.807) is 25.3 Å². The van der Waals surface area contributed by atoms with E-state index in [-0.39, 0.29) is 12.6 Å². The first kappa shape index (κ1) is 15.4. The van der Waals surface area contributed by atoms with E-state index in [0.29, 0.717) is 11.3 Å². The molecule has 0 saturated carbocycles. The van der Waals surface area contributed by atoms with Crippen LogP contribution in [0.5, 0.6) is 5.75 Å². The summed E-state index contributed by atoms with van der Waals surface area (Å²) in [6, 6.07) is 10.6. The predicted octanol–water partition coefficient (Wildman–Crippen LogP) is 3.71. The first-order chi connectivity index (χ1) is 10.0. The Labute approximate surface area is 132 Å². The number of aryl methyl sites for hydroxylation is 1. The first-order valence-electron chi connectivity index (χ1n) is 6.37. The number of ether oxygens (including phenoxy) is 2. The minimum atomic E-state index is -0.370. The van der Waals surface area contributed by atoms with Gasteiger partial charge in [-0.1, -0.05) is 6.07 Å². The molecule has 0 atom stereocenters. The minimum absolute atomic E-state index is 0.199. The summed E-state index contributed by atoms with van der Waals surface area (Å²) in [6.07, 6.45) is 0. The largest absolute Gasteiger partial charge is 0.496 e. The van der Waals surface area contributed by atoms with Crippen molar-refractivity contribution in [2.75, 3.05) is 12.8 Å². The van der Waals surface area contributed by atoms with Gasteiger partial charge in [0.1, 0.15) is 12.4 Å². The third kappa shape index (κ3) is 3.76. The number of rotatable bonds is 4. The number of hydrogen-bond donors (Lipinski definition) is 1. The van der Waals surface area contributed by atoms with E-state index in [4.69, 9.17) is 15.2 Å². The minimum Gasteiger partial charge on any atom is -0.496 e. The van der Waals surface area contributed by atoms with Crippen LogP contribution in [0.15, 0.2) is 40.9 Å². The Kier molecular flexibility index (Phi) is 4.85. The number of methoxy groups -OCH3 is 1. The number of carbonyl (C=O) groups excluding carboxylic acids is 1. The van der Waals surface area contributed by atoms with Crippen LogP contribution in [0.1, 0.15) is 21.5 Å². The molecule has 2 N–H and O–H groups in total. The molecule has 0 fully saturated rings. The first-order valence-corrected chi connectivity index (χ1v) is 7.16. The molecule has 5 heteroatoms. The second-order valence-corrected chi connectivity index (χ2v) is 5.47. The Morgan fingerprint density at radius 3 is 2.62 bits per heavy atom. The highest BCUT2D eigenvalue weighted by molar-refractivity contribution is 9.10. The van der Waals surface area contributed by atoms with Gasteiger partial charge >= 0.3 is 5.97 Å². The average molecular weight is 350 g/mol. The fourth-order valence-corrected chi connectivity index (χ4v) is 2.42. The molecule has 0 unspecified atom stereocenters. The van der Waals surface area contributed by atoms with Crippen LogP contribution in [0.4, 0.5) is 5.69 Å². The van der Waals surface area contributed by atoms with Crippen LogP contribution in [0.25, 0.3) is 0 Å². The highest BCUT2D eigenvalue weighted by Gasteiger charge is 2.09. The molecule has 0 amide bonds. The van der Waals surface area contributed by atoms with Crippen molar-refractivity contribution in [3.63, 3.8) is 0 Å². The van der Waals surface area contributed by atoms with Gasteiger partial charge in [-0.05, 0) is 64.3 Å². The van der Waals surface area contributed by atoms with Crippen molar-refractivity contribution < 1.29 is 14.3 Å². The number of nitrogens with two attached hydrogens (primary N) is 1. The van der Waals surface area contributed by atoms with Gasteiger partial charge in [-0.15, -0.1) is 0 Å². The van der Waals surface area contributed by atoms with E-state index in [2.05, 4.69) is 15.9 Å². The molecule has 4 nitrogen and oxygen atoms in total. The van der Waals surface area contributed by atoms with Crippen molar-refractivity contribution in [3.8, 4) is 5.75 Å². The second kappa shape index (κ2) is 6.63. The smallest absolute Gasteiger partial charge is 0.338 e. The Hall–Kier alpha value is -2.01. The van der Waals surface area contributed by atoms with Gasteiger partial charge in [0, 0.05) is 5.69 Å². The van der Waals surface area contributed by atoms with Gasteiger partial charge in [0.15, 0.2) is 0 Å². The second-order valence-electron chi connectivity index (χ2n) is 4.62. The standard InChI is InChI=1S/C16H16BrNO3/c1-10-7-12(4-5-14(10)18)16(19)21-9-11-3-6-15(20-2)13(17)8-11/h3-8H,9,18H2,1-2H3. The van der Waals surface area contributed by atoms with Gasteiger partial charge in [-0.2, -0.15) is 0 Å². The molecule has 0 aliphatic rings. The molecule has 110 valence electrons. The summed E-state index contributed by atoms with van der Waals surface area (Å²) >= 11 is 3.40. The Morgan fingerprint density at radius 1 is 1.24 bits per heavy atom. The highest BCUT2D eigenvalue weighted by atomic mass is 79.9. The Bertz CT molecular complexity index is 671. The predicted molar refractivity (Wildman–Crippen MR) is 85.4 cm³/mol. The third-order valence-electron chi connectivity index (χ3n) is 3.09. The molecule has 0 aliphatic heterocycles. The fourth-order valence-electron chi connectivity index (χ4n) is 1.83. The molecule has 0 aromatic heterocycles. The number of hydrogen-bond acceptors (Lipinski definition) is 4. The SMILES string of the molecule is COc1ccc(COC(=O)c2ccc(N)c(C)c2)cc1Br. The zero-order valence-corrected chi connectivity index (χ0v) is 13.4. The lowest BCUT2D eigenvalue weighted by Crippen LogP contribution is -2.06. The van der Waals surface area contributed by atoms with Gasteiger partial charge in [-0.3, -0.25) is 0 Å². The summed E-state index contributed by atoms with van der Waals surface area (Å²) in [5, 5.41) is 0. The summed E-state index contributed by atoms with van der Waals surface area (Å²) in [4.78, 5) is 12.0. The molecular formula is C16H16BrNO3. The number of anilines is 1. The summed E-state index contributed by atoms with van der Waals surface area (Å²) in [6.45, 7) is 2.05. The van der Waals surface area contributed by atoms with Crippen molar-refractivity contribution >= 4 is 27.6 Å². The molecule has 0 spiro atoms. The molecule has 0 radical (unpaired) electrons. The summed E-state index contributed by atoms with van der Waals surface area (Å²) in [7, 11) is 1.60. The van der Waals surface area contributed by atoms with Gasteiger partial charge in [-0.25, -0.2) is 4.79 Å². The van der Waals surface area contributed by atoms with Crippen LogP contribution in [0.3, 0.4) is 0 Å². The number of halogens is 1. The maximum absolute atomic E-state index is 12.0. The van der Waals surface area contributed by atoms with E-state index < -0.39 is 0 Å². The highest BCUT2D eigenvalue weighted by Crippen LogP contribution is 2.26. The van der Waals surface area contributed by atoms with Crippen molar-refractivity contribution in [2.24, 2.45) is 0 Å². The molecule has 2 rings (SSSR count). The normalized spacial score (nSPS) is 10.2. The van der Waals surface area contributed by atoms with Crippen LogP contribution in [0, 0.1) is 6.92 Å². The van der Waals surface area contributed by atoms with Crippen LogP contribution >= 0.6 is 15.9 Å². The lowest BCUT2D eigenvalue weighted by atomic mass is 10.1. The fraction of sp³-hybridized carbons (Fsp3) is 0.188. The average Bonchev–Trinajstić information content (AvgIpc) is 2.47. The van der Waals surface area contributed by atoms with Gasteiger partial charge in [0.05, 0.1) is 17.1 Å². The van der Waals surface area contributed by atoms with Crippen LogP contribution in [0.2, 0.25) is 0 Å². The van der Waals surface area contributed by atoms with Gasteiger partial charge in [0.2, 0.25) is 0 Å². The van der Waals surface area contributed by atoms with Crippen molar-refractivity contribution in [1.29, 1.82) is 0 Å². The maximum Gasteiger partial charge on any atom is 0.338 e. The number of nitrogen functional groups attached to an aromatic ring is 1. The molecule has 0 saturated heterocycles. The summed E-state index contributed by atoms with van der Waals surface area (Å²) in [5.41, 5.74) is 8.62. The van der Waals surface area contributed by atoms with Gasteiger partial charge in [0.25, 0.3) is 0 Å². The third-order valence-corrected chi connectivity index (χ3v) is 3.71. The quantitative estimate of drug-likeness (QED) is 0.675. The maximum atomic E-state index is 12.0. The lowest BCUT2D eigenvalue weighted by molar-refractivity contribution is 0.0472. The monoisotopic (exact) mass is 349 g/mol. The van der Waals surface area contributed by atoms with Crippen molar-refractivity contribution in [1.82, 2.24) is 0 Å². The van der Waals surface area contributed by atoms with Gasteiger partial charge < -0.3 is 15.2 Å². The lowest BCUT2D eigenvalue weighted by Gasteiger charge is -2.08. The number of benzene rings is 2. The van der Waals surface area contributed by atoms with Crippen molar-refractivity contribution in [3.05, 3.63) is 57.6 Å². The number of carbonyl (C=O) groups is 1. The van der Waals surface area contributed by atoms with E-state index in [0.717, 1.165) is 21.3 Å². The van der Waals surface area contributed by atoms with Crippen LogP contribution in [-0.2, 0) is 11.3 Å². The molecule has 0 heterocycles. The Morgan fingerprint density at radius 2 is 2.00 bits per heavy atom. The van der Waals surface area contributed by atoms with E-state index >= 15 is 0 Å². The molecule has 0 bridgehead atoms. The van der Waals surface area contributed by atoms with Crippen molar-refractivity contribution in [2.45, 2.75) is 13.5 Å². The molecule has 0 aliphatic carbocycles. The van der Waals surface area contributed by atoms with Crippen LogP contribution in [-0.4, -0.2) is 13.1 Å². The van der Waals surface area contributed by atoms with E-state index in [1.807, 2.05) is 25.1 Å². The topological polar surface area (TPSA) is 61.5 Å². The Balaban J connectivity index is 2.03. The zero-order valence-electron chi connectivity index (χ0n) is 11.9. The van der Waals surface area contributed by atoms with Crippen LogP contribution < -0.4 is 10.5 Å². The summed E-state index contributed by atoms with van der Waals surface area (Å²) < 4.78 is 11.3. The molecule has 21 heavy (non-hydrogen) atoms. The summed E-state index contributed by atoms with van der Waals surface area (Å²) in [5.74, 6) is 0.365. The van der Waals surface area contributed by atoms with E-state index in [9.17, 15) is 4.79 Å². The molecular weight excluding hydrogens is 334 g/mol. The zero-order chi connectivity index (χ0) is 15.4. The molecule has 2 aromatic carbocycles.